The highest BCUT2D eigenvalue weighted by atomic mass is 32.2. The van der Waals surface area contributed by atoms with Crippen LogP contribution in [0.15, 0.2) is 15.7 Å². The lowest BCUT2D eigenvalue weighted by molar-refractivity contribution is 0.0941. The van der Waals surface area contributed by atoms with E-state index >= 15 is 0 Å². The SMILES string of the molecule is CCCCOCCCNC(=O)c1csc(S(N)(=O)=O)c1. The Morgan fingerprint density at radius 1 is 1.40 bits per heavy atom. The topological polar surface area (TPSA) is 98.5 Å². The number of unbranched alkanes of at least 4 members (excludes halogenated alkanes) is 1. The molecule has 0 aliphatic rings. The quantitative estimate of drug-likeness (QED) is 0.671. The zero-order chi connectivity index (χ0) is 15.0. The summed E-state index contributed by atoms with van der Waals surface area (Å²) in [5.74, 6) is -0.301. The summed E-state index contributed by atoms with van der Waals surface area (Å²) in [5, 5.41) is 9.17. The summed E-state index contributed by atoms with van der Waals surface area (Å²) in [7, 11) is -3.74. The molecule has 0 bridgehead atoms. The molecule has 3 N–H and O–H groups in total. The number of carbonyl (C=O) groups excluding carboxylic acids is 1. The normalized spacial score (nSPS) is 11.5. The monoisotopic (exact) mass is 320 g/mol. The fourth-order valence-electron chi connectivity index (χ4n) is 1.41. The van der Waals surface area contributed by atoms with Gasteiger partial charge in [0.15, 0.2) is 0 Å². The van der Waals surface area contributed by atoms with Crippen LogP contribution in [0.2, 0.25) is 0 Å². The first kappa shape index (κ1) is 17.1. The first-order valence-electron chi connectivity index (χ1n) is 6.42. The van der Waals surface area contributed by atoms with Crippen molar-refractivity contribution in [3.8, 4) is 0 Å². The Balaban J connectivity index is 2.28. The number of nitrogens with two attached hydrogens (primary N) is 1. The van der Waals surface area contributed by atoms with E-state index in [1.165, 1.54) is 11.4 Å². The average molecular weight is 320 g/mol. The van der Waals surface area contributed by atoms with Gasteiger partial charge in [-0.05, 0) is 18.9 Å². The van der Waals surface area contributed by atoms with Crippen LogP contribution in [-0.4, -0.2) is 34.1 Å². The van der Waals surface area contributed by atoms with Crippen molar-refractivity contribution in [1.29, 1.82) is 0 Å². The third kappa shape index (κ3) is 6.00. The smallest absolute Gasteiger partial charge is 0.252 e. The molecule has 1 aromatic heterocycles. The molecule has 0 radical (unpaired) electrons. The van der Waals surface area contributed by atoms with Crippen molar-refractivity contribution in [2.24, 2.45) is 5.14 Å². The van der Waals surface area contributed by atoms with Crippen LogP contribution in [0, 0.1) is 0 Å². The van der Waals surface area contributed by atoms with E-state index in [9.17, 15) is 13.2 Å². The van der Waals surface area contributed by atoms with Crippen LogP contribution >= 0.6 is 11.3 Å². The van der Waals surface area contributed by atoms with Gasteiger partial charge in [-0.3, -0.25) is 4.79 Å². The molecular weight excluding hydrogens is 300 g/mol. The van der Waals surface area contributed by atoms with Crippen molar-refractivity contribution in [2.45, 2.75) is 30.4 Å². The molecular formula is C12H20N2O4S2. The van der Waals surface area contributed by atoms with Crippen LogP contribution in [0.5, 0.6) is 0 Å². The second-order valence-electron chi connectivity index (χ2n) is 4.27. The van der Waals surface area contributed by atoms with E-state index in [2.05, 4.69) is 12.2 Å². The summed E-state index contributed by atoms with van der Waals surface area (Å²) in [6.07, 6.45) is 2.86. The van der Waals surface area contributed by atoms with Crippen LogP contribution in [0.4, 0.5) is 0 Å². The zero-order valence-corrected chi connectivity index (χ0v) is 13.1. The maximum atomic E-state index is 11.7. The summed E-state index contributed by atoms with van der Waals surface area (Å²) in [5.41, 5.74) is 0.311. The number of primary sulfonamides is 1. The van der Waals surface area contributed by atoms with Gasteiger partial charge in [0.2, 0.25) is 10.0 Å². The number of sulfonamides is 1. The Labute approximate surface area is 123 Å². The standard InChI is InChI=1S/C12H20N2O4S2/c1-2-3-6-18-7-4-5-14-12(15)10-8-11(19-9-10)20(13,16)17/h8-9H,2-7H2,1H3,(H,14,15)(H2,13,16,17). The Morgan fingerprint density at radius 2 is 2.10 bits per heavy atom. The van der Waals surface area contributed by atoms with Gasteiger partial charge in [-0.1, -0.05) is 13.3 Å². The van der Waals surface area contributed by atoms with Gasteiger partial charge in [0, 0.05) is 25.1 Å². The summed E-state index contributed by atoms with van der Waals surface area (Å²) in [6, 6.07) is 1.28. The molecule has 0 aliphatic carbocycles. The minimum absolute atomic E-state index is 0.00875. The van der Waals surface area contributed by atoms with E-state index in [-0.39, 0.29) is 10.1 Å². The highest BCUT2D eigenvalue weighted by Crippen LogP contribution is 2.18. The van der Waals surface area contributed by atoms with Crippen molar-refractivity contribution in [2.75, 3.05) is 19.8 Å². The Morgan fingerprint density at radius 3 is 2.70 bits per heavy atom. The average Bonchev–Trinajstić information content (AvgIpc) is 2.87. The van der Waals surface area contributed by atoms with Gasteiger partial charge >= 0.3 is 0 Å². The third-order valence-corrected chi connectivity index (χ3v) is 4.90. The number of thiophene rings is 1. The highest BCUT2D eigenvalue weighted by molar-refractivity contribution is 7.91. The molecule has 0 saturated heterocycles. The van der Waals surface area contributed by atoms with Crippen LogP contribution < -0.4 is 10.5 Å². The number of hydrogen-bond acceptors (Lipinski definition) is 5. The summed E-state index contributed by atoms with van der Waals surface area (Å²) < 4.78 is 27.5. The molecule has 0 aliphatic heterocycles. The molecule has 1 heterocycles. The molecule has 6 nitrogen and oxygen atoms in total. The molecule has 20 heavy (non-hydrogen) atoms. The molecule has 1 amide bonds. The lowest BCUT2D eigenvalue weighted by atomic mass is 10.3. The van der Waals surface area contributed by atoms with Crippen molar-refractivity contribution >= 4 is 27.3 Å². The molecule has 0 saturated carbocycles. The number of nitrogens with one attached hydrogen (secondary N) is 1. The van der Waals surface area contributed by atoms with Gasteiger partial charge in [-0.2, -0.15) is 0 Å². The highest BCUT2D eigenvalue weighted by Gasteiger charge is 2.14. The first-order chi connectivity index (χ1) is 9.45. The van der Waals surface area contributed by atoms with Crippen molar-refractivity contribution in [3.63, 3.8) is 0 Å². The lowest BCUT2D eigenvalue weighted by Crippen LogP contribution is -2.25. The number of ether oxygens (including phenoxy) is 1. The van der Waals surface area contributed by atoms with Crippen molar-refractivity contribution in [3.05, 3.63) is 17.0 Å². The van der Waals surface area contributed by atoms with E-state index in [1.807, 2.05) is 0 Å². The van der Waals surface area contributed by atoms with Gasteiger partial charge in [0.05, 0.1) is 5.56 Å². The number of amides is 1. The maximum absolute atomic E-state index is 11.7. The summed E-state index contributed by atoms with van der Waals surface area (Å²) >= 11 is 0.939. The number of rotatable bonds is 9. The molecule has 1 rings (SSSR count). The molecule has 0 atom stereocenters. The second kappa shape index (κ2) is 8.35. The fraction of sp³-hybridized carbons (Fsp3) is 0.583. The van der Waals surface area contributed by atoms with E-state index < -0.39 is 10.0 Å². The molecule has 1 aromatic rings. The van der Waals surface area contributed by atoms with E-state index in [1.54, 1.807) is 0 Å². The molecule has 0 aromatic carbocycles. The fourth-order valence-corrected chi connectivity index (χ4v) is 3.00. The minimum atomic E-state index is -3.74. The third-order valence-electron chi connectivity index (χ3n) is 2.51. The number of hydrogen-bond donors (Lipinski definition) is 2. The Hall–Kier alpha value is -0.960. The van der Waals surface area contributed by atoms with Gasteiger partial charge in [0.25, 0.3) is 5.91 Å². The molecule has 0 unspecified atom stereocenters. The van der Waals surface area contributed by atoms with E-state index in [0.29, 0.717) is 18.7 Å². The maximum Gasteiger partial charge on any atom is 0.252 e. The first-order valence-corrected chi connectivity index (χ1v) is 8.85. The number of carbonyl (C=O) groups is 1. The second-order valence-corrected chi connectivity index (χ2v) is 6.97. The lowest BCUT2D eigenvalue weighted by Gasteiger charge is -2.04. The Bertz CT molecular complexity index is 525. The molecule has 0 spiro atoms. The van der Waals surface area contributed by atoms with Gasteiger partial charge < -0.3 is 10.1 Å². The van der Waals surface area contributed by atoms with Crippen LogP contribution in [0.3, 0.4) is 0 Å². The minimum Gasteiger partial charge on any atom is -0.381 e. The Kier molecular flexibility index (Phi) is 7.14. The van der Waals surface area contributed by atoms with Gasteiger partial charge in [-0.15, -0.1) is 11.3 Å². The van der Waals surface area contributed by atoms with Crippen molar-refractivity contribution in [1.82, 2.24) is 5.32 Å². The predicted octanol–water partition coefficient (Wildman–Crippen LogP) is 1.33. The summed E-state index contributed by atoms with van der Waals surface area (Å²) in [6.45, 7) is 3.94. The van der Waals surface area contributed by atoms with E-state index in [0.717, 1.165) is 37.2 Å². The van der Waals surface area contributed by atoms with Crippen LogP contribution in [0.1, 0.15) is 36.5 Å². The largest absolute Gasteiger partial charge is 0.381 e. The van der Waals surface area contributed by atoms with Crippen LogP contribution in [-0.2, 0) is 14.8 Å². The molecule has 8 heteroatoms. The predicted molar refractivity (Wildman–Crippen MR) is 78.4 cm³/mol. The zero-order valence-electron chi connectivity index (χ0n) is 11.4. The summed E-state index contributed by atoms with van der Waals surface area (Å²) in [4.78, 5) is 11.7. The molecule has 114 valence electrons. The van der Waals surface area contributed by atoms with Crippen LogP contribution in [0.25, 0.3) is 0 Å². The van der Waals surface area contributed by atoms with Gasteiger partial charge in [0.1, 0.15) is 4.21 Å². The molecule has 0 fully saturated rings. The van der Waals surface area contributed by atoms with Gasteiger partial charge in [-0.25, -0.2) is 13.6 Å². The van der Waals surface area contributed by atoms with E-state index in [4.69, 9.17) is 9.88 Å². The van der Waals surface area contributed by atoms with Crippen molar-refractivity contribution < 1.29 is 17.9 Å².